The number of nitrogens with one attached hydrogen (secondary N) is 1. The minimum atomic E-state index is 0.533. The molecule has 1 aromatic heterocycles. The summed E-state index contributed by atoms with van der Waals surface area (Å²) in [5.74, 6) is 0. The quantitative estimate of drug-likeness (QED) is 0.744. The van der Waals surface area contributed by atoms with Gasteiger partial charge in [0.15, 0.2) is 0 Å². The lowest BCUT2D eigenvalue weighted by molar-refractivity contribution is 0.644. The molecule has 0 aliphatic carbocycles. The monoisotopic (exact) mass is 226 g/mol. The molecule has 1 N–H and O–H groups in total. The van der Waals surface area contributed by atoms with Gasteiger partial charge in [0.25, 0.3) is 0 Å². The van der Waals surface area contributed by atoms with E-state index in [9.17, 15) is 0 Å². The van der Waals surface area contributed by atoms with Crippen LogP contribution in [0.25, 0.3) is 0 Å². The topological polar surface area (TPSA) is 24.9 Å². The van der Waals surface area contributed by atoms with Crippen molar-refractivity contribution in [3.63, 3.8) is 0 Å². The predicted molar refractivity (Wildman–Crippen MR) is 51.9 cm³/mol. The van der Waals surface area contributed by atoms with Gasteiger partial charge >= 0.3 is 0 Å². The molecule has 64 valence electrons. The zero-order valence-corrected chi connectivity index (χ0v) is 8.34. The smallest absolute Gasteiger partial charge is 0.106 e. The molecule has 0 amide bonds. The Morgan fingerprint density at radius 2 is 2.42 bits per heavy atom. The van der Waals surface area contributed by atoms with Crippen LogP contribution >= 0.6 is 15.9 Å². The molecule has 1 aliphatic heterocycles. The van der Waals surface area contributed by atoms with E-state index in [0.717, 1.165) is 11.1 Å². The largest absolute Gasteiger partial charge is 0.310 e. The molecule has 2 nitrogen and oxygen atoms in total. The van der Waals surface area contributed by atoms with Crippen molar-refractivity contribution in [1.29, 1.82) is 0 Å². The fourth-order valence-electron chi connectivity index (χ4n) is 1.56. The molecule has 0 unspecified atom stereocenters. The summed E-state index contributed by atoms with van der Waals surface area (Å²) < 4.78 is 0.907. The maximum atomic E-state index is 4.20. The molecule has 1 atom stereocenters. The summed E-state index contributed by atoms with van der Waals surface area (Å²) in [6.45, 7) is 1.14. The molecule has 0 spiro atoms. The third-order valence-corrected chi connectivity index (χ3v) is 2.68. The fraction of sp³-hybridized carbons (Fsp3) is 0.444. The first-order valence-electron chi connectivity index (χ1n) is 4.21. The molecular formula is C9H11BrN2. The molecular weight excluding hydrogens is 216 g/mol. The molecule has 1 fully saturated rings. The average molecular weight is 227 g/mol. The molecule has 2 rings (SSSR count). The van der Waals surface area contributed by atoms with Crippen LogP contribution in [0.2, 0.25) is 0 Å². The minimum Gasteiger partial charge on any atom is -0.310 e. The molecule has 1 saturated heterocycles. The van der Waals surface area contributed by atoms with Gasteiger partial charge in [-0.2, -0.15) is 0 Å². The Morgan fingerprint density at radius 3 is 3.00 bits per heavy atom. The van der Waals surface area contributed by atoms with Crippen LogP contribution < -0.4 is 5.32 Å². The Balaban J connectivity index is 2.17. The number of nitrogens with zero attached hydrogens (tertiary/aromatic N) is 1. The van der Waals surface area contributed by atoms with Crippen molar-refractivity contribution < 1.29 is 0 Å². The standard InChI is InChI=1S/C9H11BrN2/c10-9-4-3-7(6-12-9)8-2-1-5-11-8/h3-4,6,8,11H,1-2,5H2/t8-/m0/s1. The van der Waals surface area contributed by atoms with Gasteiger partial charge in [0.05, 0.1) is 0 Å². The second-order valence-electron chi connectivity index (χ2n) is 3.06. The normalized spacial score (nSPS) is 22.9. The van der Waals surface area contributed by atoms with Crippen LogP contribution in [-0.2, 0) is 0 Å². The molecule has 0 aromatic carbocycles. The molecule has 1 aliphatic rings. The summed E-state index contributed by atoms with van der Waals surface area (Å²) in [6, 6.07) is 4.65. The highest BCUT2D eigenvalue weighted by atomic mass is 79.9. The van der Waals surface area contributed by atoms with Gasteiger partial charge in [-0.3, -0.25) is 0 Å². The highest BCUT2D eigenvalue weighted by molar-refractivity contribution is 9.10. The van der Waals surface area contributed by atoms with Crippen molar-refractivity contribution in [2.45, 2.75) is 18.9 Å². The number of aromatic nitrogens is 1. The maximum absolute atomic E-state index is 4.20. The third-order valence-electron chi connectivity index (χ3n) is 2.21. The van der Waals surface area contributed by atoms with Gasteiger partial charge in [0.1, 0.15) is 4.60 Å². The summed E-state index contributed by atoms with van der Waals surface area (Å²) in [5, 5.41) is 3.44. The van der Waals surface area contributed by atoms with Crippen LogP contribution in [0.15, 0.2) is 22.9 Å². The van der Waals surface area contributed by atoms with E-state index in [1.165, 1.54) is 18.4 Å². The molecule has 2 heterocycles. The van der Waals surface area contributed by atoms with Gasteiger partial charge in [-0.25, -0.2) is 4.98 Å². The molecule has 3 heteroatoms. The van der Waals surface area contributed by atoms with E-state index >= 15 is 0 Å². The molecule has 1 aromatic rings. The van der Waals surface area contributed by atoms with Gasteiger partial charge in [-0.15, -0.1) is 0 Å². The second-order valence-corrected chi connectivity index (χ2v) is 3.88. The first-order chi connectivity index (χ1) is 5.86. The lowest BCUT2D eigenvalue weighted by Crippen LogP contribution is -2.12. The van der Waals surface area contributed by atoms with Crippen molar-refractivity contribution in [3.8, 4) is 0 Å². The van der Waals surface area contributed by atoms with Crippen molar-refractivity contribution in [3.05, 3.63) is 28.5 Å². The SMILES string of the molecule is Brc1ccc([C@@H]2CCCN2)cn1. The summed E-state index contributed by atoms with van der Waals surface area (Å²) in [4.78, 5) is 4.20. The number of rotatable bonds is 1. The van der Waals surface area contributed by atoms with E-state index in [4.69, 9.17) is 0 Å². The number of hydrogen-bond acceptors (Lipinski definition) is 2. The van der Waals surface area contributed by atoms with Crippen LogP contribution in [0, 0.1) is 0 Å². The van der Waals surface area contributed by atoms with E-state index in [0.29, 0.717) is 6.04 Å². The lowest BCUT2D eigenvalue weighted by atomic mass is 10.1. The van der Waals surface area contributed by atoms with E-state index in [1.807, 2.05) is 12.3 Å². The zero-order valence-electron chi connectivity index (χ0n) is 6.76. The minimum absolute atomic E-state index is 0.533. The van der Waals surface area contributed by atoms with Crippen LogP contribution in [0.4, 0.5) is 0 Å². The summed E-state index contributed by atoms with van der Waals surface area (Å²) in [7, 11) is 0. The van der Waals surface area contributed by atoms with E-state index < -0.39 is 0 Å². The lowest BCUT2D eigenvalue weighted by Gasteiger charge is -2.08. The Bertz CT molecular complexity index is 252. The molecule has 12 heavy (non-hydrogen) atoms. The zero-order chi connectivity index (χ0) is 8.39. The van der Waals surface area contributed by atoms with Crippen LogP contribution in [0.1, 0.15) is 24.4 Å². The van der Waals surface area contributed by atoms with Crippen molar-refractivity contribution >= 4 is 15.9 Å². The van der Waals surface area contributed by atoms with Crippen molar-refractivity contribution in [1.82, 2.24) is 10.3 Å². The number of hydrogen-bond donors (Lipinski definition) is 1. The molecule has 0 bridgehead atoms. The first-order valence-corrected chi connectivity index (χ1v) is 5.00. The van der Waals surface area contributed by atoms with Crippen LogP contribution in [0.3, 0.4) is 0 Å². The van der Waals surface area contributed by atoms with Crippen LogP contribution in [0.5, 0.6) is 0 Å². The van der Waals surface area contributed by atoms with E-state index in [1.54, 1.807) is 0 Å². The second kappa shape index (κ2) is 3.54. The van der Waals surface area contributed by atoms with Crippen molar-refractivity contribution in [2.75, 3.05) is 6.54 Å². The van der Waals surface area contributed by atoms with E-state index in [-0.39, 0.29) is 0 Å². The first kappa shape index (κ1) is 8.20. The predicted octanol–water partition coefficient (Wildman–Crippen LogP) is 2.27. The Morgan fingerprint density at radius 1 is 1.50 bits per heavy atom. The highest BCUT2D eigenvalue weighted by Crippen LogP contribution is 2.22. The summed E-state index contributed by atoms with van der Waals surface area (Å²) in [6.07, 6.45) is 4.46. The van der Waals surface area contributed by atoms with Gasteiger partial charge in [-0.1, -0.05) is 6.07 Å². The Kier molecular flexibility index (Phi) is 2.42. The van der Waals surface area contributed by atoms with Gasteiger partial charge in [-0.05, 0) is 46.9 Å². The average Bonchev–Trinajstić information content (AvgIpc) is 2.58. The third kappa shape index (κ3) is 1.67. The van der Waals surface area contributed by atoms with Crippen LogP contribution in [-0.4, -0.2) is 11.5 Å². The van der Waals surface area contributed by atoms with Gasteiger partial charge < -0.3 is 5.32 Å². The molecule has 0 radical (unpaired) electrons. The fourth-order valence-corrected chi connectivity index (χ4v) is 1.80. The molecule has 0 saturated carbocycles. The number of halogens is 1. The Labute approximate surface area is 80.5 Å². The number of pyridine rings is 1. The highest BCUT2D eigenvalue weighted by Gasteiger charge is 2.15. The van der Waals surface area contributed by atoms with E-state index in [2.05, 4.69) is 32.3 Å². The van der Waals surface area contributed by atoms with Crippen molar-refractivity contribution in [2.24, 2.45) is 0 Å². The summed E-state index contributed by atoms with van der Waals surface area (Å²) in [5.41, 5.74) is 1.30. The summed E-state index contributed by atoms with van der Waals surface area (Å²) >= 11 is 3.32. The maximum Gasteiger partial charge on any atom is 0.106 e. The van der Waals surface area contributed by atoms with Gasteiger partial charge in [0, 0.05) is 12.2 Å². The van der Waals surface area contributed by atoms with Gasteiger partial charge in [0.2, 0.25) is 0 Å². The Hall–Kier alpha value is -0.410.